The Morgan fingerprint density at radius 3 is 2.65 bits per heavy atom. The molecule has 20 heavy (non-hydrogen) atoms. The lowest BCUT2D eigenvalue weighted by atomic mass is 10.1. The number of fused-ring (bicyclic) bond motifs is 1. The van der Waals surface area contributed by atoms with Gasteiger partial charge in [-0.2, -0.15) is 0 Å². The first-order valence-corrected chi connectivity index (χ1v) is 7.52. The van der Waals surface area contributed by atoms with Crippen molar-refractivity contribution < 1.29 is 0 Å². The van der Waals surface area contributed by atoms with Crippen molar-refractivity contribution in [1.29, 1.82) is 0 Å². The molecule has 104 valence electrons. The zero-order valence-corrected chi connectivity index (χ0v) is 12.8. The molecule has 0 amide bonds. The minimum Gasteiger partial charge on any atom is -0.308 e. The van der Waals surface area contributed by atoms with Crippen LogP contribution in [0, 0.1) is 6.92 Å². The highest BCUT2D eigenvalue weighted by Crippen LogP contribution is 2.26. The molecule has 0 saturated heterocycles. The van der Waals surface area contributed by atoms with E-state index in [0.29, 0.717) is 5.92 Å². The van der Waals surface area contributed by atoms with Gasteiger partial charge in [-0.25, -0.2) is 19.3 Å². The lowest BCUT2D eigenvalue weighted by Crippen LogP contribution is -2.07. The molecule has 0 fully saturated rings. The van der Waals surface area contributed by atoms with Crippen LogP contribution in [0.15, 0.2) is 17.9 Å². The molecule has 6 heteroatoms. The Hall–Kier alpha value is -1.82. The Labute approximate surface area is 121 Å². The summed E-state index contributed by atoms with van der Waals surface area (Å²) in [4.78, 5) is 13.7. The number of hydrogen-bond donors (Lipinski definition) is 0. The highest BCUT2D eigenvalue weighted by Gasteiger charge is 2.18. The molecule has 3 aromatic rings. The van der Waals surface area contributed by atoms with E-state index in [1.54, 1.807) is 0 Å². The molecule has 0 aliphatic rings. The Balaban J connectivity index is 2.18. The van der Waals surface area contributed by atoms with E-state index in [-0.39, 0.29) is 6.04 Å². The van der Waals surface area contributed by atoms with Gasteiger partial charge >= 0.3 is 0 Å². The topological polar surface area (TPSA) is 56.5 Å². The van der Waals surface area contributed by atoms with Crippen LogP contribution in [0.25, 0.3) is 11.2 Å². The predicted octanol–water partition coefficient (Wildman–Crippen LogP) is 3.32. The number of hydrogen-bond acceptors (Lipinski definition) is 5. The lowest BCUT2D eigenvalue weighted by molar-refractivity contribution is 0.652. The summed E-state index contributed by atoms with van der Waals surface area (Å²) in [6, 6.07) is 0.174. The van der Waals surface area contributed by atoms with E-state index in [9.17, 15) is 0 Å². The summed E-state index contributed by atoms with van der Waals surface area (Å²) >= 11 is 1.47. The van der Waals surface area contributed by atoms with Crippen molar-refractivity contribution in [2.24, 2.45) is 0 Å². The number of nitrogens with zero attached hydrogens (tertiary/aromatic N) is 5. The van der Waals surface area contributed by atoms with Crippen LogP contribution in [0.5, 0.6) is 0 Å². The zero-order chi connectivity index (χ0) is 14.3. The SMILES string of the molecule is Cc1nc(C(C)C)c2ncn(C(C)c3cnsc3)c2n1. The molecule has 0 saturated carbocycles. The number of aryl methyl sites for hydroxylation is 1. The van der Waals surface area contributed by atoms with E-state index in [1.807, 2.05) is 19.4 Å². The normalized spacial score (nSPS) is 13.2. The third-order valence-corrected chi connectivity index (χ3v) is 4.06. The van der Waals surface area contributed by atoms with Crippen LogP contribution < -0.4 is 0 Å². The molecular weight excluding hydrogens is 270 g/mol. The monoisotopic (exact) mass is 287 g/mol. The Morgan fingerprint density at radius 1 is 1.20 bits per heavy atom. The molecule has 3 rings (SSSR count). The first-order valence-electron chi connectivity index (χ1n) is 6.68. The minimum atomic E-state index is 0.174. The summed E-state index contributed by atoms with van der Waals surface area (Å²) in [6.07, 6.45) is 3.76. The van der Waals surface area contributed by atoms with Gasteiger partial charge in [-0.1, -0.05) is 13.8 Å². The van der Waals surface area contributed by atoms with Crippen LogP contribution in [0.3, 0.4) is 0 Å². The number of aromatic nitrogens is 5. The summed E-state index contributed by atoms with van der Waals surface area (Å²) < 4.78 is 6.27. The molecule has 0 aliphatic carbocycles. The average molecular weight is 287 g/mol. The molecule has 0 radical (unpaired) electrons. The quantitative estimate of drug-likeness (QED) is 0.741. The first-order chi connectivity index (χ1) is 9.58. The Kier molecular flexibility index (Phi) is 3.25. The molecule has 0 aromatic carbocycles. The molecule has 0 N–H and O–H groups in total. The van der Waals surface area contributed by atoms with E-state index < -0.39 is 0 Å². The maximum absolute atomic E-state index is 4.58. The zero-order valence-electron chi connectivity index (χ0n) is 12.0. The minimum absolute atomic E-state index is 0.174. The van der Waals surface area contributed by atoms with Gasteiger partial charge in [0.05, 0.1) is 18.1 Å². The molecule has 0 bridgehead atoms. The second-order valence-corrected chi connectivity index (χ2v) is 5.93. The van der Waals surface area contributed by atoms with Gasteiger partial charge < -0.3 is 4.57 Å². The molecule has 5 nitrogen and oxygen atoms in total. The van der Waals surface area contributed by atoms with E-state index >= 15 is 0 Å². The van der Waals surface area contributed by atoms with Crippen LogP contribution >= 0.6 is 11.5 Å². The van der Waals surface area contributed by atoms with Gasteiger partial charge in [0, 0.05) is 17.1 Å². The second-order valence-electron chi connectivity index (χ2n) is 5.27. The van der Waals surface area contributed by atoms with Crippen LogP contribution in [-0.4, -0.2) is 23.9 Å². The van der Waals surface area contributed by atoms with Gasteiger partial charge in [-0.3, -0.25) is 0 Å². The summed E-state index contributed by atoms with van der Waals surface area (Å²) in [5.74, 6) is 1.12. The summed E-state index contributed by atoms with van der Waals surface area (Å²) in [5, 5.41) is 2.06. The van der Waals surface area contributed by atoms with Gasteiger partial charge in [0.15, 0.2) is 5.65 Å². The van der Waals surface area contributed by atoms with Crippen LogP contribution in [0.2, 0.25) is 0 Å². The predicted molar refractivity (Wildman–Crippen MR) is 80.1 cm³/mol. The van der Waals surface area contributed by atoms with E-state index in [1.165, 1.54) is 17.1 Å². The van der Waals surface area contributed by atoms with E-state index in [0.717, 1.165) is 22.7 Å². The Bertz CT molecular complexity index is 729. The average Bonchev–Trinajstić information content (AvgIpc) is 3.06. The van der Waals surface area contributed by atoms with E-state index in [2.05, 4.69) is 50.0 Å². The van der Waals surface area contributed by atoms with Crippen molar-refractivity contribution in [2.45, 2.75) is 39.7 Å². The van der Waals surface area contributed by atoms with Crippen molar-refractivity contribution in [2.75, 3.05) is 0 Å². The van der Waals surface area contributed by atoms with Crippen molar-refractivity contribution in [3.63, 3.8) is 0 Å². The third kappa shape index (κ3) is 2.10. The van der Waals surface area contributed by atoms with Crippen molar-refractivity contribution in [3.8, 4) is 0 Å². The van der Waals surface area contributed by atoms with Crippen LogP contribution in [0.1, 0.15) is 49.8 Å². The van der Waals surface area contributed by atoms with Crippen LogP contribution in [-0.2, 0) is 0 Å². The maximum atomic E-state index is 4.58. The molecule has 1 atom stereocenters. The van der Waals surface area contributed by atoms with Gasteiger partial charge in [0.2, 0.25) is 0 Å². The van der Waals surface area contributed by atoms with Gasteiger partial charge in [0.1, 0.15) is 11.3 Å². The maximum Gasteiger partial charge on any atom is 0.164 e. The van der Waals surface area contributed by atoms with E-state index in [4.69, 9.17) is 0 Å². The number of imidazole rings is 1. The Morgan fingerprint density at radius 2 is 2.00 bits per heavy atom. The van der Waals surface area contributed by atoms with Gasteiger partial charge in [-0.05, 0) is 31.3 Å². The smallest absolute Gasteiger partial charge is 0.164 e. The van der Waals surface area contributed by atoms with Crippen molar-refractivity contribution in [1.82, 2.24) is 23.9 Å². The van der Waals surface area contributed by atoms with Gasteiger partial charge in [0.25, 0.3) is 0 Å². The molecule has 0 aliphatic heterocycles. The largest absolute Gasteiger partial charge is 0.308 e. The molecule has 0 spiro atoms. The number of rotatable bonds is 3. The standard InChI is InChI=1S/C14H17N5S/c1-8(2)12-13-14(18-10(4)17-12)19(7-15-13)9(3)11-5-16-20-6-11/h5-9H,1-4H3. The molecular formula is C14H17N5S. The lowest BCUT2D eigenvalue weighted by Gasteiger charge is -2.13. The summed E-state index contributed by atoms with van der Waals surface area (Å²) in [5.41, 5.74) is 4.00. The van der Waals surface area contributed by atoms with Crippen molar-refractivity contribution in [3.05, 3.63) is 35.0 Å². The second kappa shape index (κ2) is 4.94. The van der Waals surface area contributed by atoms with Gasteiger partial charge in [-0.15, -0.1) is 0 Å². The first kappa shape index (κ1) is 13.2. The van der Waals surface area contributed by atoms with Crippen molar-refractivity contribution >= 4 is 22.7 Å². The summed E-state index contributed by atoms with van der Waals surface area (Å²) in [6.45, 7) is 8.33. The van der Waals surface area contributed by atoms with Crippen LogP contribution in [0.4, 0.5) is 0 Å². The molecule has 3 heterocycles. The molecule has 3 aromatic heterocycles. The fourth-order valence-corrected chi connectivity index (χ4v) is 2.94. The highest BCUT2D eigenvalue weighted by molar-refractivity contribution is 7.03. The third-order valence-electron chi connectivity index (χ3n) is 3.46. The summed E-state index contributed by atoms with van der Waals surface area (Å²) in [7, 11) is 0. The highest BCUT2D eigenvalue weighted by atomic mass is 32.1. The fraction of sp³-hybridized carbons (Fsp3) is 0.429. The molecule has 1 unspecified atom stereocenters. The fourth-order valence-electron chi connectivity index (χ4n) is 2.32.